The molecule has 0 radical (unpaired) electrons. The molecule has 0 saturated carbocycles. The van der Waals surface area contributed by atoms with Gasteiger partial charge in [0.2, 0.25) is 0 Å². The van der Waals surface area contributed by atoms with Gasteiger partial charge in [-0.3, -0.25) is 0 Å². The monoisotopic (exact) mass is 168 g/mol. The van der Waals surface area contributed by atoms with E-state index in [0.29, 0.717) is 0 Å². The van der Waals surface area contributed by atoms with Crippen LogP contribution in [-0.2, 0) is 18.5 Å². The van der Waals surface area contributed by atoms with Crippen LogP contribution in [0, 0.1) is 0 Å². The zero-order valence-corrected chi connectivity index (χ0v) is 6.47. The average molecular weight is 169 g/mol. The molecule has 0 aromatic carbocycles. The van der Waals surface area contributed by atoms with Gasteiger partial charge in [-0.15, -0.1) is 0 Å². The van der Waals surface area contributed by atoms with Gasteiger partial charge in [-0.05, 0) is 0 Å². The van der Waals surface area contributed by atoms with Crippen LogP contribution < -0.4 is 4.48 Å². The van der Waals surface area contributed by atoms with Gasteiger partial charge in [0.15, 0.2) is 0 Å². The Kier molecular flexibility index (Phi) is 6.70. The van der Waals surface area contributed by atoms with Gasteiger partial charge in [-0.25, -0.2) is 0 Å². The van der Waals surface area contributed by atoms with Crippen LogP contribution in [0.15, 0.2) is 0 Å². The zero-order chi connectivity index (χ0) is 6.50. The minimum atomic E-state index is -6.00. The van der Waals surface area contributed by atoms with Crippen molar-refractivity contribution in [1.29, 1.82) is 0 Å². The van der Waals surface area contributed by atoms with Crippen molar-refractivity contribution in [2.75, 3.05) is 0 Å². The van der Waals surface area contributed by atoms with Gasteiger partial charge in [-0.1, -0.05) is 0 Å². The Morgan fingerprint density at radius 2 is 1.00 bits per heavy atom. The summed E-state index contributed by atoms with van der Waals surface area (Å²) in [7, 11) is -6.00. The molecule has 0 aliphatic heterocycles. The van der Waals surface area contributed by atoms with E-state index in [-0.39, 0.29) is 0 Å². The van der Waals surface area contributed by atoms with E-state index in [1.807, 2.05) is 0 Å². The molecule has 1 nitrogen and oxygen atoms in total. The molecule has 0 spiro atoms. The van der Waals surface area contributed by atoms with Crippen molar-refractivity contribution >= 4 is 7.25 Å². The Balaban J connectivity index is 0. The molecular weight excluding hydrogens is 166 g/mol. The second-order valence-corrected chi connectivity index (χ2v) is 0.495. The van der Waals surface area contributed by atoms with Gasteiger partial charge in [0.1, 0.15) is 0 Å². The van der Waals surface area contributed by atoms with Gasteiger partial charge < -0.3 is 17.3 Å². The second kappa shape index (κ2) is 4.53. The van der Waals surface area contributed by atoms with E-state index in [1.165, 1.54) is 0 Å². The summed E-state index contributed by atoms with van der Waals surface area (Å²) in [5.41, 5.74) is 0. The van der Waals surface area contributed by atoms with Gasteiger partial charge in [0, 0.05) is 0 Å². The molecule has 0 aromatic rings. The van der Waals surface area contributed by atoms with Crippen molar-refractivity contribution in [2.45, 2.75) is 0 Å². The summed E-state index contributed by atoms with van der Waals surface area (Å²) in [4.78, 5) is 0. The van der Waals surface area contributed by atoms with Gasteiger partial charge in [0.05, 0.1) is 0 Å². The fourth-order valence-corrected chi connectivity index (χ4v) is 0. The van der Waals surface area contributed by atoms with Crippen molar-refractivity contribution < 1.29 is 40.3 Å². The number of hydrogen-bond acceptors (Lipinski definition) is 0. The van der Waals surface area contributed by atoms with E-state index >= 15 is 0 Å². The molecule has 0 heterocycles. The molecular formula is H3BF4NZn. The van der Waals surface area contributed by atoms with Crippen LogP contribution >= 0.6 is 0 Å². The van der Waals surface area contributed by atoms with Crippen molar-refractivity contribution in [3.05, 3.63) is 0 Å². The summed E-state index contributed by atoms with van der Waals surface area (Å²) >= 11 is 1.12. The van der Waals surface area contributed by atoms with Crippen LogP contribution in [0.25, 0.3) is 0 Å². The Morgan fingerprint density at radius 1 is 1.00 bits per heavy atom. The average Bonchev–Trinajstić information content (AvgIpc) is 1.36. The number of halogens is 4. The Bertz CT molecular complexity index is 27.2. The van der Waals surface area contributed by atoms with Crippen molar-refractivity contribution in [3.8, 4) is 0 Å². The summed E-state index contributed by atoms with van der Waals surface area (Å²) in [6.45, 7) is 0. The van der Waals surface area contributed by atoms with Crippen molar-refractivity contribution in [3.63, 3.8) is 0 Å². The Hall–Kier alpha value is 0.368. The van der Waals surface area contributed by atoms with E-state index in [9.17, 15) is 17.3 Å². The molecule has 7 heavy (non-hydrogen) atoms. The molecule has 7 heteroatoms. The molecule has 0 fully saturated rings. The maximum absolute atomic E-state index is 9.75. The van der Waals surface area contributed by atoms with Gasteiger partial charge in [0.25, 0.3) is 0 Å². The van der Waals surface area contributed by atoms with Gasteiger partial charge in [-0.2, -0.15) is 0 Å². The van der Waals surface area contributed by atoms with Crippen molar-refractivity contribution in [1.82, 2.24) is 0 Å². The molecule has 0 bridgehead atoms. The second-order valence-electron chi connectivity index (χ2n) is 0.495. The summed E-state index contributed by atoms with van der Waals surface area (Å²) < 4.78 is 42.4. The molecule has 0 rings (SSSR count). The Labute approximate surface area is 48.3 Å². The molecule has 0 unspecified atom stereocenters. The molecule has 0 atom stereocenters. The third-order valence-electron chi connectivity index (χ3n) is 0. The van der Waals surface area contributed by atoms with Crippen LogP contribution in [0.5, 0.6) is 0 Å². The molecule has 0 aliphatic rings. The topological polar surface area (TPSA) is 27.6 Å². The SMILES string of the molecule is F[B-](F)(F)F.[NH3+][Zn]. The molecule has 3 N–H and O–H groups in total. The van der Waals surface area contributed by atoms with E-state index in [1.54, 1.807) is 0 Å². The first-order valence-corrected chi connectivity index (χ1v) is 3.47. The van der Waals surface area contributed by atoms with Crippen LogP contribution in [0.3, 0.4) is 0 Å². The fourth-order valence-electron chi connectivity index (χ4n) is 0. The summed E-state index contributed by atoms with van der Waals surface area (Å²) in [6, 6.07) is 0. The number of hydrogen-bond donors (Lipinski definition) is 1. The fraction of sp³-hybridized carbons (Fsp3) is 0. The van der Waals surface area contributed by atoms with E-state index in [2.05, 4.69) is 4.48 Å². The van der Waals surface area contributed by atoms with E-state index in [0.717, 1.165) is 18.5 Å². The molecule has 0 saturated heterocycles. The third-order valence-corrected chi connectivity index (χ3v) is 0. The molecule has 0 aromatic heterocycles. The van der Waals surface area contributed by atoms with Crippen LogP contribution in [0.1, 0.15) is 0 Å². The van der Waals surface area contributed by atoms with Crippen LogP contribution in [-0.4, -0.2) is 7.25 Å². The predicted octanol–water partition coefficient (Wildman–Crippen LogP) is -0.00990. The summed E-state index contributed by atoms with van der Waals surface area (Å²) in [5.74, 6) is 0. The Morgan fingerprint density at radius 3 is 1.00 bits per heavy atom. The van der Waals surface area contributed by atoms with Crippen LogP contribution in [0.2, 0.25) is 0 Å². The summed E-state index contributed by atoms with van der Waals surface area (Å²) in [6.07, 6.45) is 0. The first-order chi connectivity index (χ1) is 3.00. The van der Waals surface area contributed by atoms with E-state index in [4.69, 9.17) is 0 Å². The first-order valence-electron chi connectivity index (χ1n) is 1.37. The molecule has 0 aliphatic carbocycles. The van der Waals surface area contributed by atoms with Crippen molar-refractivity contribution in [2.24, 2.45) is 0 Å². The zero-order valence-electron chi connectivity index (χ0n) is 3.50. The van der Waals surface area contributed by atoms with Gasteiger partial charge >= 0.3 is 30.3 Å². The normalized spacial score (nSPS) is 9.57. The first kappa shape index (κ1) is 10.4. The standard InChI is InChI=1S/BF4.H3N.Zn/c2-1(3,4)5;;/h;1H3;/q-1;;+1. The summed E-state index contributed by atoms with van der Waals surface area (Å²) in [5, 5.41) is 0. The van der Waals surface area contributed by atoms with Crippen LogP contribution in [0.4, 0.5) is 17.3 Å². The third kappa shape index (κ3) is 896. The maximum atomic E-state index is 9.75. The molecule has 41 valence electrons. The minimum absolute atomic E-state index is 1.12. The quantitative estimate of drug-likeness (QED) is 0.390. The predicted molar refractivity (Wildman–Crippen MR) is 13.1 cm³/mol. The molecule has 0 amide bonds. The number of quaternary nitrogens is 1. The van der Waals surface area contributed by atoms with E-state index < -0.39 is 7.25 Å². The number of rotatable bonds is 0.